The number of nitrogens with one attached hydrogen (secondary N) is 3. The van der Waals surface area contributed by atoms with Crippen molar-refractivity contribution in [3.05, 3.63) is 79.1 Å². The fourth-order valence-corrected chi connectivity index (χ4v) is 3.06. The molecule has 0 atom stereocenters. The normalized spacial score (nSPS) is 11.1. The van der Waals surface area contributed by atoms with Gasteiger partial charge in [-0.15, -0.1) is 0 Å². The van der Waals surface area contributed by atoms with Crippen LogP contribution in [-0.4, -0.2) is 42.3 Å². The van der Waals surface area contributed by atoms with Crippen molar-refractivity contribution in [2.75, 3.05) is 6.54 Å². The molecular weight excluding hydrogens is 376 g/mol. The molecule has 146 valence electrons. The van der Waals surface area contributed by atoms with Crippen molar-refractivity contribution in [3.8, 4) is 0 Å². The fourth-order valence-electron chi connectivity index (χ4n) is 3.06. The maximum Gasteiger partial charge on any atom is 0.327 e. The molecule has 29 heavy (non-hydrogen) atoms. The maximum absolute atomic E-state index is 12.9. The molecule has 0 aliphatic heterocycles. The molecule has 1 amide bonds. The molecule has 3 heterocycles. The van der Waals surface area contributed by atoms with E-state index in [1.807, 2.05) is 0 Å². The zero-order chi connectivity index (χ0) is 20.5. The number of amides is 1. The topological polar surface area (TPSA) is 145 Å². The second-order valence-corrected chi connectivity index (χ2v) is 6.38. The van der Waals surface area contributed by atoms with E-state index in [1.165, 1.54) is 17.2 Å². The van der Waals surface area contributed by atoms with Gasteiger partial charge in [-0.1, -0.05) is 12.1 Å². The third-order valence-electron chi connectivity index (χ3n) is 4.51. The maximum atomic E-state index is 12.9. The number of rotatable bonds is 4. The number of hydrogen-bond acceptors (Lipinski definition) is 6. The molecule has 10 heteroatoms. The Kier molecular flexibility index (Phi) is 4.51. The summed E-state index contributed by atoms with van der Waals surface area (Å²) in [5.74, 6) is -0.0388. The number of para-hydroxylation sites is 1. The summed E-state index contributed by atoms with van der Waals surface area (Å²) in [7, 11) is 0. The van der Waals surface area contributed by atoms with Gasteiger partial charge in [-0.25, -0.2) is 14.8 Å². The van der Waals surface area contributed by atoms with E-state index in [9.17, 15) is 19.2 Å². The number of H-pyrrole nitrogens is 3. The highest BCUT2D eigenvalue weighted by Gasteiger charge is 2.18. The average molecular weight is 392 g/mol. The molecule has 0 aliphatic rings. The van der Waals surface area contributed by atoms with Crippen molar-refractivity contribution in [1.82, 2.24) is 29.8 Å². The van der Waals surface area contributed by atoms with Crippen LogP contribution in [-0.2, 0) is 6.54 Å². The van der Waals surface area contributed by atoms with Crippen molar-refractivity contribution in [1.29, 1.82) is 0 Å². The first-order valence-corrected chi connectivity index (χ1v) is 8.86. The Morgan fingerprint density at radius 2 is 1.79 bits per heavy atom. The smallest absolute Gasteiger partial charge is 0.327 e. The van der Waals surface area contributed by atoms with Crippen molar-refractivity contribution in [2.45, 2.75) is 13.5 Å². The van der Waals surface area contributed by atoms with Crippen LogP contribution in [0.4, 0.5) is 0 Å². The lowest BCUT2D eigenvalue weighted by atomic mass is 10.2. The van der Waals surface area contributed by atoms with Crippen LogP contribution < -0.4 is 16.8 Å². The number of aromatic amines is 3. The lowest BCUT2D eigenvalue weighted by Gasteiger charge is -2.20. The van der Waals surface area contributed by atoms with Gasteiger partial charge in [0, 0.05) is 12.7 Å². The molecular formula is C19H16N6O4. The Labute approximate surface area is 162 Å². The molecule has 1 aromatic carbocycles. The Balaban J connectivity index is 1.68. The number of carbonyl (C=O) groups is 1. The molecule has 0 bridgehead atoms. The minimum absolute atomic E-state index is 0.0788. The number of benzene rings is 1. The number of fused-ring (bicyclic) bond motifs is 2. The lowest BCUT2D eigenvalue weighted by molar-refractivity contribution is 0.0748. The largest absolute Gasteiger partial charge is 0.331 e. The van der Waals surface area contributed by atoms with Gasteiger partial charge in [0.1, 0.15) is 11.5 Å². The van der Waals surface area contributed by atoms with Crippen molar-refractivity contribution in [3.63, 3.8) is 0 Å². The second kappa shape index (κ2) is 7.15. The Morgan fingerprint density at radius 3 is 2.59 bits per heavy atom. The molecule has 0 aliphatic carbocycles. The molecule has 4 aromatic rings. The van der Waals surface area contributed by atoms with Crippen LogP contribution in [0.5, 0.6) is 0 Å². The number of pyridine rings is 1. The summed E-state index contributed by atoms with van der Waals surface area (Å²) in [4.78, 5) is 65.6. The van der Waals surface area contributed by atoms with Crippen LogP contribution in [0.1, 0.15) is 23.1 Å². The van der Waals surface area contributed by atoms with E-state index in [-0.39, 0.29) is 34.6 Å². The minimum Gasteiger partial charge on any atom is -0.331 e. The lowest BCUT2D eigenvalue weighted by Crippen LogP contribution is -2.32. The second-order valence-electron chi connectivity index (χ2n) is 6.38. The minimum atomic E-state index is -0.671. The quantitative estimate of drug-likeness (QED) is 0.461. The third kappa shape index (κ3) is 3.43. The van der Waals surface area contributed by atoms with E-state index in [0.717, 1.165) is 0 Å². The molecule has 0 saturated heterocycles. The fraction of sp³-hybridized carbons (Fsp3) is 0.158. The van der Waals surface area contributed by atoms with Crippen LogP contribution >= 0.6 is 0 Å². The number of aromatic nitrogens is 5. The predicted molar refractivity (Wildman–Crippen MR) is 106 cm³/mol. The van der Waals surface area contributed by atoms with Gasteiger partial charge in [0.25, 0.3) is 17.0 Å². The monoisotopic (exact) mass is 392 g/mol. The molecule has 3 N–H and O–H groups in total. The van der Waals surface area contributed by atoms with Gasteiger partial charge in [-0.05, 0) is 25.1 Å². The van der Waals surface area contributed by atoms with Crippen molar-refractivity contribution < 1.29 is 4.79 Å². The highest BCUT2D eigenvalue weighted by molar-refractivity contribution is 5.96. The Bertz CT molecular complexity index is 1420. The predicted octanol–water partition coefficient (Wildman–Crippen LogP) is 0.510. The van der Waals surface area contributed by atoms with Crippen molar-refractivity contribution in [2.24, 2.45) is 0 Å². The average Bonchev–Trinajstić information content (AvgIpc) is 2.71. The standard InChI is InChI=1S/C19H16N6O4/c1-2-25(9-14-21-13-6-4-3-5-11(13)16(26)22-14)18(28)10-7-12-15(20-8-10)23-19(29)24-17(12)27/h3-8H,2,9H2,1H3,(H,21,22,26)(H2,20,23,24,27,29). The highest BCUT2D eigenvalue weighted by atomic mass is 16.2. The number of carbonyl (C=O) groups excluding carboxylic acids is 1. The first-order valence-electron chi connectivity index (χ1n) is 8.86. The molecule has 0 fully saturated rings. The van der Waals surface area contributed by atoms with Crippen LogP contribution in [0.2, 0.25) is 0 Å². The van der Waals surface area contributed by atoms with E-state index in [0.29, 0.717) is 23.3 Å². The summed E-state index contributed by atoms with van der Waals surface area (Å²) in [5, 5.41) is 0.571. The van der Waals surface area contributed by atoms with Crippen LogP contribution in [0.3, 0.4) is 0 Å². The Hall–Kier alpha value is -4.08. The highest BCUT2D eigenvalue weighted by Crippen LogP contribution is 2.12. The van der Waals surface area contributed by atoms with E-state index >= 15 is 0 Å². The van der Waals surface area contributed by atoms with Gasteiger partial charge in [0.05, 0.1) is 28.4 Å². The van der Waals surface area contributed by atoms with Gasteiger partial charge in [0.15, 0.2) is 0 Å². The van der Waals surface area contributed by atoms with Gasteiger partial charge >= 0.3 is 5.69 Å². The van der Waals surface area contributed by atoms with Gasteiger partial charge < -0.3 is 9.88 Å². The van der Waals surface area contributed by atoms with Crippen LogP contribution in [0.25, 0.3) is 21.9 Å². The van der Waals surface area contributed by atoms with E-state index in [1.54, 1.807) is 31.2 Å². The van der Waals surface area contributed by atoms with Crippen LogP contribution in [0.15, 0.2) is 50.9 Å². The van der Waals surface area contributed by atoms with E-state index in [4.69, 9.17) is 0 Å². The summed E-state index contributed by atoms with van der Waals surface area (Å²) in [6.45, 7) is 2.21. The summed E-state index contributed by atoms with van der Waals surface area (Å²) < 4.78 is 0. The van der Waals surface area contributed by atoms with Gasteiger partial charge in [0.2, 0.25) is 0 Å². The molecule has 0 saturated carbocycles. The van der Waals surface area contributed by atoms with E-state index < -0.39 is 11.2 Å². The zero-order valence-corrected chi connectivity index (χ0v) is 15.4. The number of nitrogens with zero attached hydrogens (tertiary/aromatic N) is 3. The molecule has 3 aromatic heterocycles. The number of hydrogen-bond donors (Lipinski definition) is 3. The molecule has 4 rings (SSSR count). The molecule has 0 unspecified atom stereocenters. The molecule has 0 spiro atoms. The summed E-state index contributed by atoms with van der Waals surface area (Å²) in [6.07, 6.45) is 1.29. The van der Waals surface area contributed by atoms with Crippen LogP contribution in [0, 0.1) is 0 Å². The summed E-state index contributed by atoms with van der Waals surface area (Å²) in [6, 6.07) is 8.31. The molecule has 10 nitrogen and oxygen atoms in total. The first-order chi connectivity index (χ1) is 14.0. The zero-order valence-electron chi connectivity index (χ0n) is 15.4. The Morgan fingerprint density at radius 1 is 1.03 bits per heavy atom. The molecule has 0 radical (unpaired) electrons. The van der Waals surface area contributed by atoms with Gasteiger partial charge in [-0.2, -0.15) is 0 Å². The third-order valence-corrected chi connectivity index (χ3v) is 4.51. The van der Waals surface area contributed by atoms with Crippen molar-refractivity contribution >= 4 is 27.8 Å². The van der Waals surface area contributed by atoms with Gasteiger partial charge in [-0.3, -0.25) is 24.4 Å². The van der Waals surface area contributed by atoms with E-state index in [2.05, 4.69) is 24.9 Å². The summed E-state index contributed by atoms with van der Waals surface area (Å²) in [5.41, 5.74) is -0.765. The SMILES string of the molecule is CCN(Cc1nc2ccccc2c(=O)[nH]1)C(=O)c1cnc2[nH]c(=O)[nH]c(=O)c2c1. The first kappa shape index (κ1) is 18.3. The summed E-state index contributed by atoms with van der Waals surface area (Å²) >= 11 is 0.